The van der Waals surface area contributed by atoms with Crippen LogP contribution in [0.1, 0.15) is 18.4 Å². The van der Waals surface area contributed by atoms with Crippen molar-refractivity contribution in [3.05, 3.63) is 53.3 Å². The van der Waals surface area contributed by atoms with E-state index in [2.05, 4.69) is 10.00 Å². The van der Waals surface area contributed by atoms with Crippen LogP contribution in [0, 0.1) is 0 Å². The standard InChI is InChI=1S/C18H23ClN4O/c1-21(2)17(24)18(23-12-4-10-20-23)9-3-11-22(14-18)13-15-5-7-16(19)8-6-15/h4-8,10,12H,3,9,11,13-14H2,1-2H3. The van der Waals surface area contributed by atoms with Crippen LogP contribution in [0.5, 0.6) is 0 Å². The summed E-state index contributed by atoms with van der Waals surface area (Å²) in [5, 5.41) is 5.14. The number of hydrogen-bond acceptors (Lipinski definition) is 3. The van der Waals surface area contributed by atoms with Gasteiger partial charge in [-0.2, -0.15) is 5.10 Å². The van der Waals surface area contributed by atoms with E-state index in [-0.39, 0.29) is 5.91 Å². The van der Waals surface area contributed by atoms with Crippen molar-refractivity contribution in [2.24, 2.45) is 0 Å². The highest BCUT2D eigenvalue weighted by atomic mass is 35.5. The summed E-state index contributed by atoms with van der Waals surface area (Å²) in [4.78, 5) is 17.0. The molecule has 0 bridgehead atoms. The molecule has 6 heteroatoms. The second-order valence-corrected chi connectivity index (χ2v) is 7.06. The fourth-order valence-electron chi connectivity index (χ4n) is 3.50. The van der Waals surface area contributed by atoms with E-state index in [1.165, 1.54) is 5.56 Å². The normalized spacial score (nSPS) is 21.6. The summed E-state index contributed by atoms with van der Waals surface area (Å²) in [6.45, 7) is 2.45. The third-order valence-electron chi connectivity index (χ3n) is 4.62. The molecular formula is C18H23ClN4O. The number of nitrogens with zero attached hydrogens (tertiary/aromatic N) is 4. The van der Waals surface area contributed by atoms with Gasteiger partial charge in [0.25, 0.3) is 5.91 Å². The number of likely N-dealkylation sites (N-methyl/N-ethyl adjacent to an activating group) is 1. The number of amides is 1. The van der Waals surface area contributed by atoms with Crippen LogP contribution in [0.2, 0.25) is 5.02 Å². The first-order valence-electron chi connectivity index (χ1n) is 8.20. The van der Waals surface area contributed by atoms with Crippen molar-refractivity contribution in [2.75, 3.05) is 27.2 Å². The van der Waals surface area contributed by atoms with Crippen molar-refractivity contribution in [1.82, 2.24) is 19.6 Å². The lowest BCUT2D eigenvalue weighted by atomic mass is 9.87. The van der Waals surface area contributed by atoms with Crippen LogP contribution in [0.4, 0.5) is 0 Å². The Hall–Kier alpha value is -1.85. The molecule has 1 amide bonds. The van der Waals surface area contributed by atoms with Gasteiger partial charge in [0.1, 0.15) is 0 Å². The molecule has 3 rings (SSSR count). The first-order chi connectivity index (χ1) is 11.5. The molecule has 128 valence electrons. The monoisotopic (exact) mass is 346 g/mol. The molecular weight excluding hydrogens is 324 g/mol. The van der Waals surface area contributed by atoms with E-state index in [0.717, 1.165) is 31.0 Å². The lowest BCUT2D eigenvalue weighted by Crippen LogP contribution is -2.58. The first kappa shape index (κ1) is 17.0. The van der Waals surface area contributed by atoms with Crippen LogP contribution in [-0.2, 0) is 16.9 Å². The third-order valence-corrected chi connectivity index (χ3v) is 4.87. The Morgan fingerprint density at radius 2 is 2.08 bits per heavy atom. The number of aromatic nitrogens is 2. The van der Waals surface area contributed by atoms with Crippen LogP contribution in [0.3, 0.4) is 0 Å². The van der Waals surface area contributed by atoms with Crippen LogP contribution in [0.15, 0.2) is 42.7 Å². The Morgan fingerprint density at radius 3 is 2.71 bits per heavy atom. The zero-order chi connectivity index (χ0) is 17.2. The summed E-state index contributed by atoms with van der Waals surface area (Å²) in [7, 11) is 3.62. The van der Waals surface area contributed by atoms with Gasteiger partial charge in [0.2, 0.25) is 0 Å². The predicted octanol–water partition coefficient (Wildman–Crippen LogP) is 2.62. The molecule has 0 spiro atoms. The van der Waals surface area contributed by atoms with Crippen molar-refractivity contribution < 1.29 is 4.79 Å². The van der Waals surface area contributed by atoms with E-state index < -0.39 is 5.54 Å². The van der Waals surface area contributed by atoms with E-state index in [4.69, 9.17) is 11.6 Å². The van der Waals surface area contributed by atoms with Gasteiger partial charge in [-0.15, -0.1) is 0 Å². The van der Waals surface area contributed by atoms with Crippen molar-refractivity contribution >= 4 is 17.5 Å². The van der Waals surface area contributed by atoms with Crippen molar-refractivity contribution in [1.29, 1.82) is 0 Å². The minimum absolute atomic E-state index is 0.104. The lowest BCUT2D eigenvalue weighted by Gasteiger charge is -2.43. The highest BCUT2D eigenvalue weighted by Crippen LogP contribution is 2.31. The van der Waals surface area contributed by atoms with E-state index in [0.29, 0.717) is 6.54 Å². The maximum atomic E-state index is 13.0. The number of carbonyl (C=O) groups excluding carboxylic acids is 1. The number of carbonyl (C=O) groups is 1. The summed E-state index contributed by atoms with van der Waals surface area (Å²) in [6.07, 6.45) is 5.41. The summed E-state index contributed by atoms with van der Waals surface area (Å²) >= 11 is 5.97. The molecule has 0 N–H and O–H groups in total. The first-order valence-corrected chi connectivity index (χ1v) is 8.58. The second kappa shape index (κ2) is 6.95. The zero-order valence-corrected chi connectivity index (χ0v) is 14.9. The molecule has 1 atom stereocenters. The van der Waals surface area contributed by atoms with Gasteiger partial charge in [0.05, 0.1) is 0 Å². The molecule has 0 saturated carbocycles. The molecule has 2 aromatic rings. The van der Waals surface area contributed by atoms with Crippen LogP contribution in [-0.4, -0.2) is 52.7 Å². The molecule has 1 fully saturated rings. The number of rotatable bonds is 4. The van der Waals surface area contributed by atoms with Gasteiger partial charge in [-0.05, 0) is 43.1 Å². The highest BCUT2D eigenvalue weighted by Gasteiger charge is 2.45. The molecule has 24 heavy (non-hydrogen) atoms. The predicted molar refractivity (Wildman–Crippen MR) is 94.9 cm³/mol. The molecule has 2 heterocycles. The quantitative estimate of drug-likeness (QED) is 0.854. The summed E-state index contributed by atoms with van der Waals surface area (Å²) in [5.41, 5.74) is 0.575. The third kappa shape index (κ3) is 3.32. The molecule has 1 aliphatic rings. The molecule has 0 radical (unpaired) electrons. The summed E-state index contributed by atoms with van der Waals surface area (Å²) in [6, 6.07) is 9.78. The molecule has 1 saturated heterocycles. The number of piperidine rings is 1. The average molecular weight is 347 g/mol. The van der Waals surface area contributed by atoms with Crippen LogP contribution < -0.4 is 0 Å². The Labute approximate surface area is 147 Å². The van der Waals surface area contributed by atoms with Crippen molar-refractivity contribution in [3.63, 3.8) is 0 Å². The topological polar surface area (TPSA) is 41.4 Å². The second-order valence-electron chi connectivity index (χ2n) is 6.62. The lowest BCUT2D eigenvalue weighted by molar-refractivity contribution is -0.142. The Balaban J connectivity index is 1.85. The van der Waals surface area contributed by atoms with E-state index in [1.54, 1.807) is 11.1 Å². The van der Waals surface area contributed by atoms with Gasteiger partial charge in [-0.1, -0.05) is 23.7 Å². The fraction of sp³-hybridized carbons (Fsp3) is 0.444. The largest absolute Gasteiger partial charge is 0.347 e. The Morgan fingerprint density at radius 1 is 1.33 bits per heavy atom. The van der Waals surface area contributed by atoms with Gasteiger partial charge >= 0.3 is 0 Å². The van der Waals surface area contributed by atoms with Crippen LogP contribution >= 0.6 is 11.6 Å². The van der Waals surface area contributed by atoms with Gasteiger partial charge in [0, 0.05) is 44.6 Å². The van der Waals surface area contributed by atoms with Crippen LogP contribution in [0.25, 0.3) is 0 Å². The zero-order valence-electron chi connectivity index (χ0n) is 14.2. The molecule has 0 aliphatic carbocycles. The minimum Gasteiger partial charge on any atom is -0.347 e. The number of benzene rings is 1. The Bertz CT molecular complexity index is 684. The maximum Gasteiger partial charge on any atom is 0.251 e. The van der Waals surface area contributed by atoms with Gasteiger partial charge in [0.15, 0.2) is 5.54 Å². The molecule has 1 aliphatic heterocycles. The Kier molecular flexibility index (Phi) is 4.92. The average Bonchev–Trinajstić information content (AvgIpc) is 3.11. The molecule has 5 nitrogen and oxygen atoms in total. The smallest absolute Gasteiger partial charge is 0.251 e. The highest BCUT2D eigenvalue weighted by molar-refractivity contribution is 6.30. The molecule has 1 aromatic carbocycles. The molecule has 1 unspecified atom stereocenters. The van der Waals surface area contributed by atoms with Gasteiger partial charge in [-0.25, -0.2) is 0 Å². The van der Waals surface area contributed by atoms with E-state index >= 15 is 0 Å². The number of likely N-dealkylation sites (tertiary alicyclic amines) is 1. The number of hydrogen-bond donors (Lipinski definition) is 0. The van der Waals surface area contributed by atoms with E-state index in [1.807, 2.05) is 55.3 Å². The molecule has 1 aromatic heterocycles. The van der Waals surface area contributed by atoms with Crippen molar-refractivity contribution in [3.8, 4) is 0 Å². The summed E-state index contributed by atoms with van der Waals surface area (Å²) < 4.78 is 1.84. The maximum absolute atomic E-state index is 13.0. The van der Waals surface area contributed by atoms with Crippen molar-refractivity contribution in [2.45, 2.75) is 24.9 Å². The summed E-state index contributed by atoms with van der Waals surface area (Å²) in [5.74, 6) is 0.104. The van der Waals surface area contributed by atoms with Gasteiger partial charge in [-0.3, -0.25) is 14.4 Å². The SMILES string of the molecule is CN(C)C(=O)C1(n2cccn2)CCCN(Cc2ccc(Cl)cc2)C1. The van der Waals surface area contributed by atoms with E-state index in [9.17, 15) is 4.79 Å². The van der Waals surface area contributed by atoms with Gasteiger partial charge < -0.3 is 4.90 Å². The number of halogens is 1. The fourth-order valence-corrected chi connectivity index (χ4v) is 3.63. The minimum atomic E-state index is -0.627.